The van der Waals surface area contributed by atoms with E-state index in [2.05, 4.69) is 15.9 Å². The quantitative estimate of drug-likeness (QED) is 0.413. The Morgan fingerprint density at radius 3 is 2.37 bits per heavy atom. The number of hydrogen-bond donors (Lipinski definition) is 0. The lowest BCUT2D eigenvalue weighted by molar-refractivity contribution is 0.0529. The van der Waals surface area contributed by atoms with Crippen molar-refractivity contribution in [2.24, 2.45) is 0 Å². The first kappa shape index (κ1) is 21.0. The van der Waals surface area contributed by atoms with Gasteiger partial charge in [0.1, 0.15) is 22.7 Å². The summed E-state index contributed by atoms with van der Waals surface area (Å²) in [5.41, 5.74) is 1.86. The van der Waals surface area contributed by atoms with Crippen molar-refractivity contribution in [2.45, 2.75) is 40.7 Å². The summed E-state index contributed by atoms with van der Waals surface area (Å²) in [6, 6.07) is 13.1. The molecule has 0 unspecified atom stereocenters. The molecular formula is C22H25BrO4. The van der Waals surface area contributed by atoms with Crippen LogP contribution in [0.25, 0.3) is 22.3 Å². The van der Waals surface area contributed by atoms with Crippen LogP contribution in [0.4, 0.5) is 0 Å². The lowest BCUT2D eigenvalue weighted by Gasteiger charge is -2.09. The van der Waals surface area contributed by atoms with Crippen LogP contribution in [0.3, 0.4) is 0 Å². The normalized spacial score (nSPS) is 10.5. The molecule has 0 spiro atoms. The molecule has 0 aliphatic carbocycles. The van der Waals surface area contributed by atoms with E-state index in [0.29, 0.717) is 34.6 Å². The van der Waals surface area contributed by atoms with Gasteiger partial charge in [-0.2, -0.15) is 0 Å². The molecule has 4 nitrogen and oxygen atoms in total. The van der Waals surface area contributed by atoms with Crippen LogP contribution in [0, 0.1) is 0 Å². The van der Waals surface area contributed by atoms with Gasteiger partial charge in [0.15, 0.2) is 0 Å². The second-order valence-electron chi connectivity index (χ2n) is 5.86. The predicted molar refractivity (Wildman–Crippen MR) is 112 cm³/mol. The van der Waals surface area contributed by atoms with Crippen LogP contribution in [0.1, 0.15) is 45.0 Å². The molecule has 0 aliphatic heterocycles. The van der Waals surface area contributed by atoms with Crippen molar-refractivity contribution in [1.82, 2.24) is 0 Å². The zero-order valence-corrected chi connectivity index (χ0v) is 17.9. The fourth-order valence-corrected chi connectivity index (χ4v) is 2.90. The highest BCUT2D eigenvalue weighted by Crippen LogP contribution is 2.36. The van der Waals surface area contributed by atoms with Crippen molar-refractivity contribution in [3.05, 3.63) is 52.5 Å². The Bertz CT molecular complexity index is 895. The zero-order valence-electron chi connectivity index (χ0n) is 16.3. The third-order valence-electron chi connectivity index (χ3n) is 3.62. The molecular weight excluding hydrogens is 408 g/mol. The molecule has 144 valence electrons. The van der Waals surface area contributed by atoms with Gasteiger partial charge in [0, 0.05) is 15.4 Å². The second kappa shape index (κ2) is 9.60. The molecule has 1 aromatic heterocycles. The first-order chi connectivity index (χ1) is 13.0. The van der Waals surface area contributed by atoms with Crippen molar-refractivity contribution in [2.75, 3.05) is 6.61 Å². The largest absolute Gasteiger partial charge is 0.491 e. The van der Waals surface area contributed by atoms with Crippen LogP contribution in [0.5, 0.6) is 5.75 Å². The van der Waals surface area contributed by atoms with Gasteiger partial charge in [-0.3, -0.25) is 0 Å². The molecule has 0 saturated carbocycles. The zero-order chi connectivity index (χ0) is 20.0. The monoisotopic (exact) mass is 432 g/mol. The van der Waals surface area contributed by atoms with E-state index in [-0.39, 0.29) is 6.10 Å². The van der Waals surface area contributed by atoms with Gasteiger partial charge in [-0.15, -0.1) is 0 Å². The Labute approximate surface area is 168 Å². The Morgan fingerprint density at radius 2 is 1.78 bits per heavy atom. The Morgan fingerprint density at radius 1 is 1.11 bits per heavy atom. The van der Waals surface area contributed by atoms with E-state index in [9.17, 15) is 4.79 Å². The number of halogens is 1. The van der Waals surface area contributed by atoms with E-state index < -0.39 is 5.97 Å². The minimum Gasteiger partial charge on any atom is -0.491 e. The van der Waals surface area contributed by atoms with Crippen LogP contribution in [0.15, 0.2) is 51.4 Å². The van der Waals surface area contributed by atoms with Crippen LogP contribution in [-0.4, -0.2) is 18.7 Å². The summed E-state index contributed by atoms with van der Waals surface area (Å²) in [7, 11) is 0. The SMILES string of the molecule is CC.CCOC(=O)c1c(-c2ccc(Br)cc2)oc2ccc(OC(C)C)cc12. The molecule has 0 saturated heterocycles. The summed E-state index contributed by atoms with van der Waals surface area (Å²) in [4.78, 5) is 12.6. The summed E-state index contributed by atoms with van der Waals surface area (Å²) in [6.45, 7) is 10.00. The van der Waals surface area contributed by atoms with E-state index in [1.807, 2.05) is 70.2 Å². The van der Waals surface area contributed by atoms with Gasteiger partial charge < -0.3 is 13.9 Å². The van der Waals surface area contributed by atoms with Crippen molar-refractivity contribution in [3.8, 4) is 17.1 Å². The van der Waals surface area contributed by atoms with Gasteiger partial charge in [-0.25, -0.2) is 4.79 Å². The number of furan rings is 1. The first-order valence-corrected chi connectivity index (χ1v) is 9.95. The van der Waals surface area contributed by atoms with E-state index in [4.69, 9.17) is 13.9 Å². The summed E-state index contributed by atoms with van der Waals surface area (Å²) in [6.07, 6.45) is 0.0429. The maximum Gasteiger partial charge on any atom is 0.342 e. The molecule has 5 heteroatoms. The van der Waals surface area contributed by atoms with Crippen LogP contribution in [-0.2, 0) is 4.74 Å². The molecule has 0 atom stereocenters. The molecule has 0 N–H and O–H groups in total. The number of rotatable bonds is 5. The van der Waals surface area contributed by atoms with Gasteiger partial charge >= 0.3 is 5.97 Å². The number of fused-ring (bicyclic) bond motifs is 1. The second-order valence-corrected chi connectivity index (χ2v) is 6.77. The van der Waals surface area contributed by atoms with Crippen LogP contribution < -0.4 is 4.74 Å². The van der Waals surface area contributed by atoms with Gasteiger partial charge in [0.05, 0.1) is 12.7 Å². The molecule has 3 aromatic rings. The van der Waals surface area contributed by atoms with E-state index in [1.165, 1.54) is 0 Å². The van der Waals surface area contributed by atoms with E-state index in [1.54, 1.807) is 6.92 Å². The maximum absolute atomic E-state index is 12.6. The predicted octanol–water partition coefficient (Wildman–Crippen LogP) is 6.85. The fraction of sp³-hybridized carbons (Fsp3) is 0.318. The molecule has 3 rings (SSSR count). The smallest absolute Gasteiger partial charge is 0.342 e. The third-order valence-corrected chi connectivity index (χ3v) is 4.15. The molecule has 0 bridgehead atoms. The van der Waals surface area contributed by atoms with Crippen molar-refractivity contribution in [1.29, 1.82) is 0 Å². The molecule has 1 heterocycles. The average molecular weight is 433 g/mol. The molecule has 0 radical (unpaired) electrons. The summed E-state index contributed by atoms with van der Waals surface area (Å²) < 4.78 is 17.9. The van der Waals surface area contributed by atoms with E-state index in [0.717, 1.165) is 10.0 Å². The summed E-state index contributed by atoms with van der Waals surface area (Å²) >= 11 is 3.42. The van der Waals surface area contributed by atoms with Crippen molar-refractivity contribution >= 4 is 32.9 Å². The van der Waals surface area contributed by atoms with Crippen molar-refractivity contribution in [3.63, 3.8) is 0 Å². The first-order valence-electron chi connectivity index (χ1n) is 9.16. The standard InChI is InChI=1S/C20H19BrO4.C2H6/c1-4-23-20(22)18-16-11-15(24-12(2)3)9-10-17(16)25-19(18)13-5-7-14(21)8-6-13;1-2/h5-12H,4H2,1-3H3;1-2H3. The average Bonchev–Trinajstić information content (AvgIpc) is 3.02. The minimum absolute atomic E-state index is 0.0429. The van der Waals surface area contributed by atoms with Gasteiger partial charge in [-0.1, -0.05) is 41.9 Å². The molecule has 0 amide bonds. The van der Waals surface area contributed by atoms with Gasteiger partial charge in [-0.05, 0) is 51.1 Å². The number of carbonyl (C=O) groups is 1. The maximum atomic E-state index is 12.6. The Hall–Kier alpha value is -2.27. The number of ether oxygens (including phenoxy) is 2. The van der Waals surface area contributed by atoms with E-state index >= 15 is 0 Å². The van der Waals surface area contributed by atoms with Gasteiger partial charge in [0.25, 0.3) is 0 Å². The lowest BCUT2D eigenvalue weighted by Crippen LogP contribution is -2.06. The number of esters is 1. The molecule has 0 aliphatic rings. The Balaban J connectivity index is 0.00000126. The summed E-state index contributed by atoms with van der Waals surface area (Å²) in [5, 5.41) is 0.689. The van der Waals surface area contributed by atoms with Crippen molar-refractivity contribution < 1.29 is 18.7 Å². The number of carbonyl (C=O) groups excluding carboxylic acids is 1. The molecule has 0 fully saturated rings. The Kier molecular flexibility index (Phi) is 7.48. The highest BCUT2D eigenvalue weighted by molar-refractivity contribution is 9.10. The highest BCUT2D eigenvalue weighted by Gasteiger charge is 2.23. The van der Waals surface area contributed by atoms with Crippen LogP contribution >= 0.6 is 15.9 Å². The topological polar surface area (TPSA) is 48.7 Å². The minimum atomic E-state index is -0.402. The summed E-state index contributed by atoms with van der Waals surface area (Å²) in [5.74, 6) is 0.791. The highest BCUT2D eigenvalue weighted by atomic mass is 79.9. The number of benzene rings is 2. The van der Waals surface area contributed by atoms with Crippen LogP contribution in [0.2, 0.25) is 0 Å². The fourth-order valence-electron chi connectivity index (χ4n) is 2.63. The van der Waals surface area contributed by atoms with Gasteiger partial charge in [0.2, 0.25) is 0 Å². The molecule has 27 heavy (non-hydrogen) atoms. The third kappa shape index (κ3) is 4.92. The lowest BCUT2D eigenvalue weighted by atomic mass is 10.1. The number of hydrogen-bond acceptors (Lipinski definition) is 4. The molecule has 2 aromatic carbocycles.